The van der Waals surface area contributed by atoms with Crippen LogP contribution in [0.4, 0.5) is 17.1 Å². The monoisotopic (exact) mass is 405 g/mol. The molecule has 2 aromatic rings. The number of nitrogens with zero attached hydrogens (tertiary/aromatic N) is 2. The summed E-state index contributed by atoms with van der Waals surface area (Å²) in [6.45, 7) is 5.54. The van der Waals surface area contributed by atoms with E-state index < -0.39 is 26.9 Å². The molecule has 8 nitrogen and oxygen atoms in total. The Morgan fingerprint density at radius 1 is 1.18 bits per heavy atom. The van der Waals surface area contributed by atoms with Crippen molar-refractivity contribution in [1.82, 2.24) is 0 Å². The molecular formula is C19H23N3O5S. The van der Waals surface area contributed by atoms with Crippen molar-refractivity contribution in [3.63, 3.8) is 0 Å². The number of carbonyl (C=O) groups is 1. The van der Waals surface area contributed by atoms with Crippen molar-refractivity contribution < 1.29 is 18.1 Å². The van der Waals surface area contributed by atoms with Gasteiger partial charge < -0.3 is 5.32 Å². The number of benzene rings is 2. The third-order valence-corrected chi connectivity index (χ3v) is 5.58. The molecule has 0 fully saturated rings. The number of nitro groups is 1. The topological polar surface area (TPSA) is 110 Å². The number of non-ortho nitro benzene ring substituents is 1. The molecule has 2 aromatic carbocycles. The zero-order valence-corrected chi connectivity index (χ0v) is 17.0. The molecule has 9 heteroatoms. The molecule has 0 aliphatic heterocycles. The van der Waals surface area contributed by atoms with Crippen molar-refractivity contribution in [3.05, 3.63) is 63.7 Å². The van der Waals surface area contributed by atoms with Gasteiger partial charge in [-0.1, -0.05) is 19.1 Å². The van der Waals surface area contributed by atoms with Crippen LogP contribution in [0.3, 0.4) is 0 Å². The van der Waals surface area contributed by atoms with E-state index in [1.165, 1.54) is 18.2 Å². The molecule has 0 bridgehead atoms. The predicted molar refractivity (Wildman–Crippen MR) is 109 cm³/mol. The second-order valence-electron chi connectivity index (χ2n) is 6.55. The third-order valence-electron chi connectivity index (χ3n) is 4.40. The van der Waals surface area contributed by atoms with E-state index in [0.29, 0.717) is 5.69 Å². The second-order valence-corrected chi connectivity index (χ2v) is 8.41. The van der Waals surface area contributed by atoms with Crippen molar-refractivity contribution in [2.75, 3.05) is 15.9 Å². The van der Waals surface area contributed by atoms with Crippen LogP contribution in [0, 0.1) is 24.0 Å². The SMILES string of the molecule is CC[C@@H](C(=O)Nc1ccc(C)c(C)c1)N(c1cccc([N+](=O)[O-])c1)S(C)(=O)=O. The molecule has 150 valence electrons. The first-order valence-electron chi connectivity index (χ1n) is 8.66. The summed E-state index contributed by atoms with van der Waals surface area (Å²) in [5.74, 6) is -0.511. The standard InChI is InChI=1S/C19H23N3O5S/c1-5-18(19(23)20-15-10-9-13(2)14(3)11-15)21(28(4,26)27)16-7-6-8-17(12-16)22(24)25/h6-12,18H,5H2,1-4H3,(H,20,23)/t18-/m0/s1. The van der Waals surface area contributed by atoms with Crippen LogP contribution in [0.1, 0.15) is 24.5 Å². The number of nitro benzene ring substituents is 1. The van der Waals surface area contributed by atoms with Crippen molar-refractivity contribution >= 4 is 33.0 Å². The van der Waals surface area contributed by atoms with Crippen LogP contribution in [-0.4, -0.2) is 31.5 Å². The van der Waals surface area contributed by atoms with E-state index >= 15 is 0 Å². The minimum atomic E-state index is -3.87. The molecule has 0 aliphatic carbocycles. The van der Waals surface area contributed by atoms with Gasteiger partial charge in [-0.3, -0.25) is 19.2 Å². The maximum absolute atomic E-state index is 12.9. The maximum Gasteiger partial charge on any atom is 0.271 e. The highest BCUT2D eigenvalue weighted by atomic mass is 32.2. The van der Waals surface area contributed by atoms with E-state index in [9.17, 15) is 23.3 Å². The van der Waals surface area contributed by atoms with E-state index in [0.717, 1.165) is 27.8 Å². The number of nitrogens with one attached hydrogen (secondary N) is 1. The first kappa shape index (κ1) is 21.4. The smallest absolute Gasteiger partial charge is 0.271 e. The van der Waals surface area contributed by atoms with Crippen LogP contribution >= 0.6 is 0 Å². The Morgan fingerprint density at radius 2 is 1.86 bits per heavy atom. The molecule has 2 rings (SSSR count). The number of carbonyl (C=O) groups excluding carboxylic acids is 1. The molecule has 0 unspecified atom stereocenters. The van der Waals surface area contributed by atoms with Crippen molar-refractivity contribution in [1.29, 1.82) is 0 Å². The van der Waals surface area contributed by atoms with E-state index in [1.54, 1.807) is 19.1 Å². The average Bonchev–Trinajstić information content (AvgIpc) is 2.61. The van der Waals surface area contributed by atoms with Gasteiger partial charge in [-0.25, -0.2) is 8.42 Å². The summed E-state index contributed by atoms with van der Waals surface area (Å²) in [7, 11) is -3.87. The minimum Gasteiger partial charge on any atom is -0.324 e. The van der Waals surface area contributed by atoms with E-state index in [-0.39, 0.29) is 17.8 Å². The number of aryl methyl sites for hydroxylation is 2. The summed E-state index contributed by atoms with van der Waals surface area (Å²) in [5.41, 5.74) is 2.43. The summed E-state index contributed by atoms with van der Waals surface area (Å²) >= 11 is 0. The largest absolute Gasteiger partial charge is 0.324 e. The lowest BCUT2D eigenvalue weighted by atomic mass is 10.1. The molecule has 0 aromatic heterocycles. The van der Waals surface area contributed by atoms with Gasteiger partial charge in [-0.05, 0) is 49.6 Å². The van der Waals surface area contributed by atoms with Gasteiger partial charge in [0.25, 0.3) is 5.69 Å². The van der Waals surface area contributed by atoms with Gasteiger partial charge in [0, 0.05) is 17.8 Å². The Balaban J connectivity index is 2.42. The molecule has 1 atom stereocenters. The second kappa shape index (κ2) is 8.39. The van der Waals surface area contributed by atoms with E-state index in [1.807, 2.05) is 19.9 Å². The van der Waals surface area contributed by atoms with Crippen LogP contribution in [0.15, 0.2) is 42.5 Å². The number of sulfonamides is 1. The molecule has 0 radical (unpaired) electrons. The lowest BCUT2D eigenvalue weighted by molar-refractivity contribution is -0.384. The zero-order chi connectivity index (χ0) is 21.1. The fourth-order valence-electron chi connectivity index (χ4n) is 2.85. The summed E-state index contributed by atoms with van der Waals surface area (Å²) in [4.78, 5) is 23.3. The molecule has 0 aliphatic rings. The molecule has 1 N–H and O–H groups in total. The molecule has 0 saturated carbocycles. The first-order valence-corrected chi connectivity index (χ1v) is 10.5. The fourth-order valence-corrected chi connectivity index (χ4v) is 4.05. The van der Waals surface area contributed by atoms with Gasteiger partial charge >= 0.3 is 0 Å². The van der Waals surface area contributed by atoms with E-state index in [2.05, 4.69) is 5.32 Å². The average molecular weight is 405 g/mol. The number of anilines is 2. The van der Waals surface area contributed by atoms with Crippen molar-refractivity contribution in [2.24, 2.45) is 0 Å². The molecule has 1 amide bonds. The van der Waals surface area contributed by atoms with Crippen LogP contribution in [0.5, 0.6) is 0 Å². The van der Waals surface area contributed by atoms with Gasteiger partial charge in [0.05, 0.1) is 16.9 Å². The number of rotatable bonds is 7. The summed E-state index contributed by atoms with van der Waals surface area (Å²) in [5, 5.41) is 13.8. The highest BCUT2D eigenvalue weighted by Crippen LogP contribution is 2.27. The molecule has 28 heavy (non-hydrogen) atoms. The molecular weight excluding hydrogens is 382 g/mol. The van der Waals surface area contributed by atoms with Gasteiger partial charge in [-0.15, -0.1) is 0 Å². The minimum absolute atomic E-state index is 0.0683. The Morgan fingerprint density at radius 3 is 2.39 bits per heavy atom. The van der Waals surface area contributed by atoms with Gasteiger partial charge in [0.1, 0.15) is 6.04 Å². The van der Waals surface area contributed by atoms with Crippen LogP contribution < -0.4 is 9.62 Å². The number of amides is 1. The van der Waals surface area contributed by atoms with Gasteiger partial charge in [0.15, 0.2) is 0 Å². The Labute approximate surface area is 164 Å². The normalized spacial score (nSPS) is 12.3. The Bertz CT molecular complexity index is 1000. The summed E-state index contributed by atoms with van der Waals surface area (Å²) < 4.78 is 25.8. The molecule has 0 heterocycles. The molecule has 0 spiro atoms. The highest BCUT2D eigenvalue weighted by Gasteiger charge is 2.32. The summed E-state index contributed by atoms with van der Waals surface area (Å²) in [6, 6.07) is 9.58. The van der Waals surface area contributed by atoms with E-state index in [4.69, 9.17) is 0 Å². The first-order chi connectivity index (χ1) is 13.0. The molecule has 0 saturated heterocycles. The highest BCUT2D eigenvalue weighted by molar-refractivity contribution is 7.92. The van der Waals surface area contributed by atoms with Crippen LogP contribution in [0.25, 0.3) is 0 Å². The number of hydrogen-bond donors (Lipinski definition) is 1. The summed E-state index contributed by atoms with van der Waals surface area (Å²) in [6.07, 6.45) is 1.16. The van der Waals surface area contributed by atoms with Crippen molar-refractivity contribution in [2.45, 2.75) is 33.2 Å². The lowest BCUT2D eigenvalue weighted by Crippen LogP contribution is -2.47. The Kier molecular flexibility index (Phi) is 6.40. The fraction of sp³-hybridized carbons (Fsp3) is 0.316. The predicted octanol–water partition coefficient (Wildman–Crippen LogP) is 3.39. The zero-order valence-electron chi connectivity index (χ0n) is 16.2. The van der Waals surface area contributed by atoms with Crippen LogP contribution in [-0.2, 0) is 14.8 Å². The van der Waals surface area contributed by atoms with Crippen molar-refractivity contribution in [3.8, 4) is 0 Å². The van der Waals surface area contributed by atoms with Gasteiger partial charge in [0.2, 0.25) is 15.9 Å². The lowest BCUT2D eigenvalue weighted by Gasteiger charge is -2.30. The number of hydrogen-bond acceptors (Lipinski definition) is 5. The maximum atomic E-state index is 12.9. The Hall–Kier alpha value is -2.94. The quantitative estimate of drug-likeness (QED) is 0.561. The van der Waals surface area contributed by atoms with Crippen LogP contribution in [0.2, 0.25) is 0 Å². The van der Waals surface area contributed by atoms with Gasteiger partial charge in [-0.2, -0.15) is 0 Å². The third kappa shape index (κ3) is 4.86.